The molecule has 0 aliphatic rings. The van der Waals surface area contributed by atoms with Crippen LogP contribution in [0.25, 0.3) is 44.3 Å². The predicted molar refractivity (Wildman–Crippen MR) is 221 cm³/mol. The number of nitrogens with zero attached hydrogens (tertiary/aromatic N) is 4. The molecule has 1 amide bonds. The van der Waals surface area contributed by atoms with Crippen molar-refractivity contribution in [2.45, 2.75) is 51.3 Å². The molecule has 0 saturated carbocycles. The molecule has 2 aromatic carbocycles. The third-order valence-corrected chi connectivity index (χ3v) is 8.76. The zero-order chi connectivity index (χ0) is 36.8. The number of carbonyl (C=O) groups excluding carboxylic acids is 1. The molecule has 0 aliphatic carbocycles. The topological polar surface area (TPSA) is 179 Å². The lowest BCUT2D eigenvalue weighted by Crippen LogP contribution is -2.36. The van der Waals surface area contributed by atoms with E-state index in [0.29, 0.717) is 12.2 Å². The maximum Gasteiger partial charge on any atom is 0.408 e. The predicted octanol–water partition coefficient (Wildman–Crippen LogP) is 8.80. The Morgan fingerprint density at radius 2 is 1.18 bits per heavy atom. The van der Waals surface area contributed by atoms with E-state index in [1.807, 2.05) is 94.0 Å². The first-order valence-corrected chi connectivity index (χ1v) is 17.5. The minimum atomic E-state index is -0.583. The summed E-state index contributed by atoms with van der Waals surface area (Å²) in [6.07, 6.45) is 15.4. The van der Waals surface area contributed by atoms with Gasteiger partial charge in [0.15, 0.2) is 0 Å². The fraction of sp³-hybridized carbons (Fsp3) is 0.195. The monoisotopic (exact) mass is 778 g/mol. The molecule has 0 fully saturated rings. The van der Waals surface area contributed by atoms with E-state index in [1.165, 1.54) is 10.9 Å². The molecule has 0 unspecified atom stereocenters. The highest BCUT2D eigenvalue weighted by atomic mass is 35.5. The van der Waals surface area contributed by atoms with Crippen molar-refractivity contribution in [3.63, 3.8) is 0 Å². The van der Waals surface area contributed by atoms with Crippen LogP contribution in [-0.2, 0) is 17.6 Å². The number of para-hydroxylation sites is 2. The van der Waals surface area contributed by atoms with Crippen LogP contribution in [0.15, 0.2) is 122 Å². The third kappa shape index (κ3) is 9.98. The number of ether oxygens (including phenoxy) is 1. The van der Waals surface area contributed by atoms with Crippen molar-refractivity contribution in [1.82, 2.24) is 45.2 Å². The number of imidazole rings is 2. The normalized spacial score (nSPS) is 12.1. The molecule has 14 heteroatoms. The number of nitrogens with two attached hydrogens (primary N) is 1. The number of halogens is 2. The zero-order valence-electron chi connectivity index (χ0n) is 30.6. The van der Waals surface area contributed by atoms with Crippen LogP contribution in [0.2, 0.25) is 0 Å². The Morgan fingerprint density at radius 1 is 0.709 bits per heavy atom. The molecule has 55 heavy (non-hydrogen) atoms. The van der Waals surface area contributed by atoms with Gasteiger partial charge in [0.25, 0.3) is 0 Å². The van der Waals surface area contributed by atoms with E-state index in [4.69, 9.17) is 10.5 Å². The Labute approximate surface area is 331 Å². The zero-order valence-corrected chi connectivity index (χ0v) is 32.2. The summed E-state index contributed by atoms with van der Waals surface area (Å²) >= 11 is 0. The summed E-state index contributed by atoms with van der Waals surface area (Å²) in [7, 11) is 0. The van der Waals surface area contributed by atoms with Crippen LogP contribution >= 0.6 is 24.8 Å². The molecular formula is C41H44Cl2N10O2. The highest BCUT2D eigenvalue weighted by Crippen LogP contribution is 2.27. The second-order valence-corrected chi connectivity index (χ2v) is 13.8. The number of fused-ring (bicyclic) bond motifs is 2. The van der Waals surface area contributed by atoms with Crippen LogP contribution in [0.4, 0.5) is 4.79 Å². The van der Waals surface area contributed by atoms with Crippen LogP contribution in [-0.4, -0.2) is 51.6 Å². The molecule has 284 valence electrons. The highest BCUT2D eigenvalue weighted by molar-refractivity contribution is 5.86. The van der Waals surface area contributed by atoms with Gasteiger partial charge in [0.2, 0.25) is 0 Å². The van der Waals surface area contributed by atoms with Gasteiger partial charge in [-0.05, 0) is 74.7 Å². The van der Waals surface area contributed by atoms with Crippen molar-refractivity contribution in [3.05, 3.63) is 145 Å². The number of H-pyrrole nitrogens is 4. The largest absolute Gasteiger partial charge is 0.444 e. The number of benzene rings is 2. The molecule has 6 heterocycles. The minimum absolute atomic E-state index is 0. The molecule has 8 rings (SSSR count). The van der Waals surface area contributed by atoms with Gasteiger partial charge in [-0.1, -0.05) is 36.4 Å². The van der Waals surface area contributed by atoms with E-state index in [2.05, 4.69) is 63.4 Å². The minimum Gasteiger partial charge on any atom is -0.444 e. The van der Waals surface area contributed by atoms with Crippen LogP contribution in [0.5, 0.6) is 0 Å². The summed E-state index contributed by atoms with van der Waals surface area (Å²) in [6, 6.07) is 23.5. The molecule has 12 nitrogen and oxygen atoms in total. The lowest BCUT2D eigenvalue weighted by Gasteiger charge is -2.23. The molecule has 0 radical (unpaired) electrons. The van der Waals surface area contributed by atoms with Crippen LogP contribution < -0.4 is 11.1 Å². The number of amides is 1. The van der Waals surface area contributed by atoms with Gasteiger partial charge in [0.1, 0.15) is 17.2 Å². The summed E-state index contributed by atoms with van der Waals surface area (Å²) in [5, 5.41) is 5.31. The number of aromatic amines is 4. The number of aromatic nitrogens is 8. The summed E-state index contributed by atoms with van der Waals surface area (Å²) < 4.78 is 5.48. The molecule has 0 bridgehead atoms. The van der Waals surface area contributed by atoms with Crippen LogP contribution in [0, 0.1) is 0 Å². The number of hydrogen-bond acceptors (Lipinski definition) is 7. The number of rotatable bonds is 9. The summed E-state index contributed by atoms with van der Waals surface area (Å²) in [5.74, 6) is 1.46. The van der Waals surface area contributed by atoms with Gasteiger partial charge in [-0.2, -0.15) is 0 Å². The lowest BCUT2D eigenvalue weighted by molar-refractivity contribution is 0.0501. The molecule has 8 aromatic rings. The molecule has 0 aliphatic heterocycles. The van der Waals surface area contributed by atoms with Gasteiger partial charge < -0.3 is 35.7 Å². The second-order valence-electron chi connectivity index (χ2n) is 13.8. The van der Waals surface area contributed by atoms with Crippen LogP contribution in [0.3, 0.4) is 0 Å². The first-order chi connectivity index (χ1) is 25.7. The molecule has 6 aromatic heterocycles. The summed E-state index contributed by atoms with van der Waals surface area (Å²) in [5.41, 5.74) is 14.1. The van der Waals surface area contributed by atoms with Gasteiger partial charge in [-0.3, -0.25) is 9.97 Å². The number of carbonyl (C=O) groups is 1. The maximum absolute atomic E-state index is 12.5. The number of hydrogen-bond donors (Lipinski definition) is 6. The Bertz CT molecular complexity index is 2420. The Morgan fingerprint density at radius 3 is 1.71 bits per heavy atom. The molecule has 2 atom stereocenters. The van der Waals surface area contributed by atoms with Crippen LogP contribution in [0.1, 0.15) is 55.6 Å². The van der Waals surface area contributed by atoms with Gasteiger partial charge in [-0.15, -0.1) is 24.8 Å². The number of pyridine rings is 2. The standard InChI is InChI=1S/C23H25N5O2.C18H17N5.2ClH/c1-23(2,3)30-22(29)28-19(12-16-13-25-18-7-5-4-6-17(16)18)21-26-14-20(27-21)15-8-10-24-11-9-15;19-15(9-13-10-21-16-4-2-1-3-14(13)16)18-22-11-17(23-18)12-5-7-20-8-6-12;;/h4-11,13-14,19,25H,12H2,1-3H3,(H,26,27)(H,28,29);1-8,10-11,15,21H,9,19H2,(H,22,23);2*1H/t19-;15-;;/m11../s1. The average Bonchev–Trinajstić information content (AvgIpc) is 3.99. The lowest BCUT2D eigenvalue weighted by atomic mass is 10.0. The van der Waals surface area contributed by atoms with Crippen molar-refractivity contribution >= 4 is 52.7 Å². The first kappa shape index (κ1) is 40.2. The molecule has 7 N–H and O–H groups in total. The quantitative estimate of drug-likeness (QED) is 0.0847. The first-order valence-electron chi connectivity index (χ1n) is 17.5. The Kier molecular flexibility index (Phi) is 13.1. The SMILES string of the molecule is CC(C)(C)OC(=O)N[C@H](Cc1c[nH]c2ccccc12)c1ncc(-c2ccncc2)[nH]1.Cl.Cl.N[C@H](Cc1c[nH]c2ccccc12)c1ncc(-c2ccncc2)[nH]1. The maximum atomic E-state index is 12.5. The van der Waals surface area contributed by atoms with Gasteiger partial charge in [-0.25, -0.2) is 14.8 Å². The van der Waals surface area contributed by atoms with Crippen molar-refractivity contribution in [3.8, 4) is 22.5 Å². The second kappa shape index (κ2) is 17.9. The van der Waals surface area contributed by atoms with Crippen molar-refractivity contribution < 1.29 is 9.53 Å². The average molecular weight is 780 g/mol. The van der Waals surface area contributed by atoms with Crippen molar-refractivity contribution in [1.29, 1.82) is 0 Å². The van der Waals surface area contributed by atoms with E-state index in [1.54, 1.807) is 31.0 Å². The van der Waals surface area contributed by atoms with Crippen molar-refractivity contribution in [2.24, 2.45) is 5.73 Å². The summed E-state index contributed by atoms with van der Waals surface area (Å²) in [4.78, 5) is 42.8. The smallest absolute Gasteiger partial charge is 0.408 e. The number of nitrogens with one attached hydrogen (secondary N) is 5. The third-order valence-electron chi connectivity index (χ3n) is 8.76. The van der Waals surface area contributed by atoms with E-state index in [-0.39, 0.29) is 36.9 Å². The Hall–Kier alpha value is -5.95. The fourth-order valence-electron chi connectivity index (χ4n) is 6.22. The van der Waals surface area contributed by atoms with Gasteiger partial charge >= 0.3 is 6.09 Å². The highest BCUT2D eigenvalue weighted by Gasteiger charge is 2.24. The molecule has 0 saturated heterocycles. The van der Waals surface area contributed by atoms with E-state index < -0.39 is 11.7 Å². The summed E-state index contributed by atoms with van der Waals surface area (Å²) in [6.45, 7) is 5.53. The van der Waals surface area contributed by atoms with Gasteiger partial charge in [0.05, 0.1) is 35.9 Å². The van der Waals surface area contributed by atoms with E-state index in [9.17, 15) is 4.79 Å². The van der Waals surface area contributed by atoms with E-state index in [0.717, 1.165) is 56.7 Å². The number of alkyl carbamates (subject to hydrolysis) is 1. The van der Waals surface area contributed by atoms with E-state index >= 15 is 0 Å². The Balaban J connectivity index is 0.000000210. The van der Waals surface area contributed by atoms with Crippen molar-refractivity contribution in [2.75, 3.05) is 0 Å². The van der Waals surface area contributed by atoms with Gasteiger partial charge in [0, 0.05) is 76.5 Å². The molecule has 0 spiro atoms. The fourth-order valence-corrected chi connectivity index (χ4v) is 6.22. The molecular weight excluding hydrogens is 735 g/mol.